The van der Waals surface area contributed by atoms with E-state index in [0.717, 1.165) is 31.2 Å². The molecule has 0 saturated heterocycles. The molecule has 5 rings (SSSR count). The van der Waals surface area contributed by atoms with E-state index in [9.17, 15) is 9.59 Å². The highest BCUT2D eigenvalue weighted by Crippen LogP contribution is 2.28. The number of rotatable bonds is 10. The van der Waals surface area contributed by atoms with Crippen LogP contribution in [0.5, 0.6) is 5.75 Å². The van der Waals surface area contributed by atoms with E-state index in [1.165, 1.54) is 6.42 Å². The molecule has 1 fully saturated rings. The first kappa shape index (κ1) is 25.5. The largest absolute Gasteiger partial charge is 0.494 e. The van der Waals surface area contributed by atoms with E-state index in [-0.39, 0.29) is 30.9 Å². The Morgan fingerprint density at radius 3 is 2.61 bits per heavy atom. The molecule has 38 heavy (non-hydrogen) atoms. The van der Waals surface area contributed by atoms with Gasteiger partial charge in [-0.3, -0.25) is 9.59 Å². The minimum absolute atomic E-state index is 0.0640. The number of aromatic nitrogens is 3. The number of hydrogen-bond donors (Lipinski definition) is 1. The summed E-state index contributed by atoms with van der Waals surface area (Å²) in [6.07, 6.45) is 6.82. The van der Waals surface area contributed by atoms with Crippen LogP contribution in [0.1, 0.15) is 56.4 Å². The number of furan rings is 1. The summed E-state index contributed by atoms with van der Waals surface area (Å²) >= 11 is 0. The van der Waals surface area contributed by atoms with Gasteiger partial charge in [0.15, 0.2) is 0 Å². The van der Waals surface area contributed by atoms with Gasteiger partial charge in [-0.05, 0) is 61.7 Å². The van der Waals surface area contributed by atoms with Gasteiger partial charge in [-0.15, -0.1) is 5.10 Å². The number of para-hydroxylation sites is 1. The third-order valence-electron chi connectivity index (χ3n) is 6.95. The topological polar surface area (TPSA) is 102 Å². The molecule has 2 heterocycles. The van der Waals surface area contributed by atoms with Gasteiger partial charge in [-0.2, -0.15) is 0 Å². The van der Waals surface area contributed by atoms with Gasteiger partial charge in [0.05, 0.1) is 24.9 Å². The fourth-order valence-electron chi connectivity index (χ4n) is 5.06. The number of carbonyl (C=O) groups is 2. The van der Waals surface area contributed by atoms with E-state index in [0.29, 0.717) is 29.2 Å². The van der Waals surface area contributed by atoms with Gasteiger partial charge >= 0.3 is 0 Å². The number of nitrogens with one attached hydrogen (secondary N) is 1. The van der Waals surface area contributed by atoms with E-state index in [4.69, 9.17) is 9.15 Å². The third-order valence-corrected chi connectivity index (χ3v) is 6.95. The van der Waals surface area contributed by atoms with Crippen molar-refractivity contribution >= 4 is 22.8 Å². The maximum absolute atomic E-state index is 14.0. The summed E-state index contributed by atoms with van der Waals surface area (Å²) < 4.78 is 12.8. The van der Waals surface area contributed by atoms with Crippen LogP contribution in [-0.4, -0.2) is 44.4 Å². The van der Waals surface area contributed by atoms with E-state index >= 15 is 0 Å². The summed E-state index contributed by atoms with van der Waals surface area (Å²) in [5, 5.41) is 11.6. The molecule has 198 valence electrons. The molecule has 0 spiro atoms. The van der Waals surface area contributed by atoms with Crippen LogP contribution in [-0.2, 0) is 22.7 Å². The highest BCUT2D eigenvalue weighted by Gasteiger charge is 2.34. The molecule has 9 heteroatoms. The highest BCUT2D eigenvalue weighted by atomic mass is 16.5. The third kappa shape index (κ3) is 5.88. The molecule has 1 N–H and O–H groups in total. The average Bonchev–Trinajstić information content (AvgIpc) is 3.60. The molecule has 1 saturated carbocycles. The summed E-state index contributed by atoms with van der Waals surface area (Å²) in [7, 11) is 0. The second-order valence-electron chi connectivity index (χ2n) is 9.58. The zero-order chi connectivity index (χ0) is 26.3. The number of nitrogens with zero attached hydrogens (tertiary/aromatic N) is 4. The SMILES string of the molecule is CCOc1ccc(C(C(=O)NC2CCCCC2)N(Cc2ccco2)C(=O)Cn2nnc3ccccc32)cc1. The molecular formula is C29H33N5O4. The lowest BCUT2D eigenvalue weighted by molar-refractivity contribution is -0.142. The molecule has 0 bridgehead atoms. The molecule has 1 atom stereocenters. The molecule has 0 aliphatic heterocycles. The van der Waals surface area contributed by atoms with Crippen LogP contribution in [0.3, 0.4) is 0 Å². The van der Waals surface area contributed by atoms with Crippen LogP contribution in [0.25, 0.3) is 11.0 Å². The van der Waals surface area contributed by atoms with Gasteiger partial charge in [0.2, 0.25) is 11.8 Å². The predicted octanol–water partition coefficient (Wildman–Crippen LogP) is 4.64. The Morgan fingerprint density at radius 1 is 1.08 bits per heavy atom. The smallest absolute Gasteiger partial charge is 0.247 e. The molecule has 9 nitrogen and oxygen atoms in total. The van der Waals surface area contributed by atoms with Crippen molar-refractivity contribution in [3.8, 4) is 5.75 Å². The molecule has 1 unspecified atom stereocenters. The summed E-state index contributed by atoms with van der Waals surface area (Å²) in [6, 6.07) is 17.7. The summed E-state index contributed by atoms with van der Waals surface area (Å²) in [5.74, 6) is 0.822. The van der Waals surface area contributed by atoms with Crippen molar-refractivity contribution in [2.75, 3.05) is 6.61 Å². The predicted molar refractivity (Wildman–Crippen MR) is 142 cm³/mol. The number of benzene rings is 2. The molecular weight excluding hydrogens is 482 g/mol. The van der Waals surface area contributed by atoms with Crippen LogP contribution < -0.4 is 10.1 Å². The molecule has 4 aromatic rings. The minimum atomic E-state index is -0.861. The van der Waals surface area contributed by atoms with Crippen LogP contribution >= 0.6 is 0 Å². The van der Waals surface area contributed by atoms with E-state index in [1.54, 1.807) is 28.0 Å². The van der Waals surface area contributed by atoms with Crippen molar-refractivity contribution in [1.82, 2.24) is 25.2 Å². The Hall–Kier alpha value is -4.14. The number of hydrogen-bond acceptors (Lipinski definition) is 6. The molecule has 2 amide bonds. The highest BCUT2D eigenvalue weighted by molar-refractivity contribution is 5.89. The van der Waals surface area contributed by atoms with Crippen LogP contribution in [0.4, 0.5) is 0 Å². The van der Waals surface area contributed by atoms with Gasteiger partial charge in [-0.1, -0.05) is 48.7 Å². The van der Waals surface area contributed by atoms with Crippen molar-refractivity contribution in [3.05, 3.63) is 78.3 Å². The fraction of sp³-hybridized carbons (Fsp3) is 0.379. The number of ether oxygens (including phenoxy) is 1. The standard InChI is InChI=1S/C29H33N5O4/c1-2-37-23-16-14-21(15-17-23)28(29(36)30-22-9-4-3-5-10-22)33(19-24-11-8-18-38-24)27(35)20-34-26-13-7-6-12-25(26)31-32-34/h6-8,11-18,22,28H,2-5,9-10,19-20H2,1H3,(H,30,36). The lowest BCUT2D eigenvalue weighted by Gasteiger charge is -2.33. The van der Waals surface area contributed by atoms with E-state index in [1.807, 2.05) is 55.5 Å². The Balaban J connectivity index is 1.49. The number of carbonyl (C=O) groups excluding carboxylic acids is 2. The minimum Gasteiger partial charge on any atom is -0.494 e. The summed E-state index contributed by atoms with van der Waals surface area (Å²) in [5.41, 5.74) is 2.16. The fourth-order valence-corrected chi connectivity index (χ4v) is 5.06. The van der Waals surface area contributed by atoms with Crippen molar-refractivity contribution < 1.29 is 18.7 Å². The van der Waals surface area contributed by atoms with Crippen LogP contribution in [0, 0.1) is 0 Å². The van der Waals surface area contributed by atoms with Gasteiger partial charge in [0.25, 0.3) is 0 Å². The van der Waals surface area contributed by atoms with Crippen LogP contribution in [0.2, 0.25) is 0 Å². The molecule has 1 aliphatic rings. The first-order valence-corrected chi connectivity index (χ1v) is 13.3. The number of amides is 2. The van der Waals surface area contributed by atoms with Gasteiger partial charge in [0.1, 0.15) is 29.6 Å². The Labute approximate surface area is 221 Å². The molecule has 1 aliphatic carbocycles. The van der Waals surface area contributed by atoms with Crippen LogP contribution in [0.15, 0.2) is 71.3 Å². The monoisotopic (exact) mass is 515 g/mol. The average molecular weight is 516 g/mol. The maximum atomic E-state index is 14.0. The Bertz CT molecular complexity index is 1340. The lowest BCUT2D eigenvalue weighted by atomic mass is 9.94. The Morgan fingerprint density at radius 2 is 1.87 bits per heavy atom. The first-order valence-electron chi connectivity index (χ1n) is 13.3. The van der Waals surface area contributed by atoms with Crippen molar-refractivity contribution in [3.63, 3.8) is 0 Å². The van der Waals surface area contributed by atoms with Crippen molar-refractivity contribution in [2.45, 2.75) is 64.2 Å². The van der Waals surface area contributed by atoms with E-state index < -0.39 is 6.04 Å². The zero-order valence-corrected chi connectivity index (χ0v) is 21.6. The zero-order valence-electron chi connectivity index (χ0n) is 21.6. The Kier molecular flexibility index (Phi) is 8.01. The van der Waals surface area contributed by atoms with Gasteiger partial charge in [0, 0.05) is 6.04 Å². The van der Waals surface area contributed by atoms with E-state index in [2.05, 4.69) is 15.6 Å². The maximum Gasteiger partial charge on any atom is 0.247 e. The van der Waals surface area contributed by atoms with Gasteiger partial charge in [-0.25, -0.2) is 4.68 Å². The second kappa shape index (κ2) is 11.9. The molecule has 0 radical (unpaired) electrons. The number of fused-ring (bicyclic) bond motifs is 1. The lowest BCUT2D eigenvalue weighted by Crippen LogP contribution is -2.47. The summed E-state index contributed by atoms with van der Waals surface area (Å²) in [4.78, 5) is 29.4. The normalized spacial score (nSPS) is 14.8. The molecule has 2 aromatic heterocycles. The van der Waals surface area contributed by atoms with Crippen molar-refractivity contribution in [2.24, 2.45) is 0 Å². The first-order chi connectivity index (χ1) is 18.6. The quantitative estimate of drug-likeness (QED) is 0.330. The van der Waals surface area contributed by atoms with Crippen molar-refractivity contribution in [1.29, 1.82) is 0 Å². The molecule has 2 aromatic carbocycles. The van der Waals surface area contributed by atoms with Gasteiger partial charge < -0.3 is 19.4 Å². The second-order valence-corrected chi connectivity index (χ2v) is 9.58. The summed E-state index contributed by atoms with van der Waals surface area (Å²) in [6.45, 7) is 2.53.